The van der Waals surface area contributed by atoms with E-state index in [1.165, 1.54) is 11.8 Å². The van der Waals surface area contributed by atoms with Crippen LogP contribution in [0, 0.1) is 11.5 Å². The van der Waals surface area contributed by atoms with E-state index in [4.69, 9.17) is 5.26 Å². The Kier molecular flexibility index (Phi) is 4.51. The summed E-state index contributed by atoms with van der Waals surface area (Å²) in [5.74, 6) is 0. The van der Waals surface area contributed by atoms with Crippen LogP contribution >= 0.6 is 11.8 Å². The summed E-state index contributed by atoms with van der Waals surface area (Å²) < 4.78 is 0. The number of nitrogens with one attached hydrogen (secondary N) is 1. The molecule has 0 aliphatic rings. The molecule has 0 atom stereocenters. The quantitative estimate of drug-likeness (QED) is 0.343. The van der Waals surface area contributed by atoms with E-state index >= 15 is 0 Å². The van der Waals surface area contributed by atoms with Gasteiger partial charge in [-0.15, -0.1) is 0 Å². The molecule has 0 aromatic carbocycles. The smallest absolute Gasteiger partial charge is 0.183 e. The summed E-state index contributed by atoms with van der Waals surface area (Å²) >= 11 is 1.40. The number of pyridine rings is 1. The second-order valence-electron chi connectivity index (χ2n) is 2.38. The van der Waals surface area contributed by atoms with Gasteiger partial charge >= 0.3 is 0 Å². The van der Waals surface area contributed by atoms with Crippen LogP contribution in [0.25, 0.3) is 0 Å². The van der Waals surface area contributed by atoms with Crippen LogP contribution < -0.4 is 5.32 Å². The fourth-order valence-electron chi connectivity index (χ4n) is 0.847. The van der Waals surface area contributed by atoms with E-state index in [2.05, 4.69) is 15.3 Å². The van der Waals surface area contributed by atoms with Gasteiger partial charge in [0, 0.05) is 6.20 Å². The van der Waals surface area contributed by atoms with E-state index in [1.54, 1.807) is 6.20 Å². The molecule has 72 valence electrons. The Hall–Kier alpha value is -1.54. The largest absolute Gasteiger partial charge is 0.272 e. The third kappa shape index (κ3) is 3.46. The van der Waals surface area contributed by atoms with Crippen molar-refractivity contribution in [2.45, 2.75) is 6.54 Å². The molecule has 4 nitrogen and oxygen atoms in total. The third-order valence-electron chi connectivity index (χ3n) is 1.47. The monoisotopic (exact) mass is 206 g/mol. The zero-order chi connectivity index (χ0) is 10.2. The summed E-state index contributed by atoms with van der Waals surface area (Å²) in [6.07, 6.45) is 5.42. The lowest BCUT2D eigenvalue weighted by Gasteiger charge is -1.98. The Balaban J connectivity index is 2.58. The van der Waals surface area contributed by atoms with Gasteiger partial charge in [0.15, 0.2) is 11.4 Å². The molecule has 1 aromatic heterocycles. The Morgan fingerprint density at radius 1 is 1.71 bits per heavy atom. The molecule has 0 saturated heterocycles. The highest BCUT2D eigenvalue weighted by Gasteiger charge is 1.95. The molecule has 0 bridgehead atoms. The van der Waals surface area contributed by atoms with Crippen LogP contribution in [0.3, 0.4) is 0 Å². The first-order valence-corrected chi connectivity index (χ1v) is 5.22. The average molecular weight is 206 g/mol. The molecule has 14 heavy (non-hydrogen) atoms. The molecule has 0 amide bonds. The summed E-state index contributed by atoms with van der Waals surface area (Å²) in [5.41, 5.74) is 0.888. The minimum atomic E-state index is 0.492. The molecule has 1 N–H and O–H groups in total. The predicted octanol–water partition coefficient (Wildman–Crippen LogP) is 1.37. The van der Waals surface area contributed by atoms with E-state index in [0.29, 0.717) is 11.7 Å². The Morgan fingerprint density at radius 3 is 3.14 bits per heavy atom. The fourth-order valence-corrected chi connectivity index (χ4v) is 1.19. The molecule has 1 aromatic rings. The van der Waals surface area contributed by atoms with Crippen molar-refractivity contribution in [1.29, 1.82) is 5.26 Å². The summed E-state index contributed by atoms with van der Waals surface area (Å²) in [6, 6.07) is 5.67. The maximum absolute atomic E-state index is 8.39. The normalized spacial score (nSPS) is 10.7. The lowest BCUT2D eigenvalue weighted by atomic mass is 10.4. The minimum Gasteiger partial charge on any atom is -0.272 e. The topological polar surface area (TPSA) is 61.1 Å². The van der Waals surface area contributed by atoms with E-state index in [9.17, 15) is 0 Å². The highest BCUT2D eigenvalue weighted by atomic mass is 32.2. The molecule has 0 spiro atoms. The predicted molar refractivity (Wildman–Crippen MR) is 57.6 cm³/mol. The van der Waals surface area contributed by atoms with Gasteiger partial charge in [0.05, 0.1) is 12.2 Å². The number of amidine groups is 1. The summed E-state index contributed by atoms with van der Waals surface area (Å²) in [6.45, 7) is 0.492. The van der Waals surface area contributed by atoms with Crippen LogP contribution in [0.15, 0.2) is 29.4 Å². The Bertz CT molecular complexity index is 342. The molecule has 1 rings (SSSR count). The molecule has 0 radical (unpaired) electrons. The number of rotatable bonds is 2. The van der Waals surface area contributed by atoms with E-state index in [0.717, 1.165) is 5.69 Å². The standard InChI is InChI=1S/C9H10N4S/c1-14-9(13-7-10)12-6-8-4-2-3-5-11-8/h2-5H,6H2,1H3,(H,12,13). The van der Waals surface area contributed by atoms with Gasteiger partial charge < -0.3 is 0 Å². The highest BCUT2D eigenvalue weighted by molar-refractivity contribution is 8.13. The number of aromatic nitrogens is 1. The van der Waals surface area contributed by atoms with Gasteiger partial charge in [0.1, 0.15) is 0 Å². The number of nitrogens with zero attached hydrogens (tertiary/aromatic N) is 3. The number of hydrogen-bond acceptors (Lipinski definition) is 4. The second kappa shape index (κ2) is 6.00. The lowest BCUT2D eigenvalue weighted by molar-refractivity contribution is 0.984. The SMILES string of the molecule is CS/C(=N\Cc1ccccn1)NC#N. The van der Waals surface area contributed by atoms with E-state index < -0.39 is 0 Å². The number of nitriles is 1. The lowest BCUT2D eigenvalue weighted by Crippen LogP contribution is -2.13. The zero-order valence-electron chi connectivity index (χ0n) is 7.77. The number of aliphatic imine (C=N–C) groups is 1. The van der Waals surface area contributed by atoms with Crippen LogP contribution in [0.1, 0.15) is 5.69 Å². The van der Waals surface area contributed by atoms with Crippen molar-refractivity contribution in [3.05, 3.63) is 30.1 Å². The molecular formula is C9H10N4S. The Morgan fingerprint density at radius 2 is 2.57 bits per heavy atom. The first-order valence-electron chi connectivity index (χ1n) is 4.00. The summed E-state index contributed by atoms with van der Waals surface area (Å²) in [4.78, 5) is 8.30. The van der Waals surface area contributed by atoms with Crippen molar-refractivity contribution >= 4 is 16.9 Å². The molecule has 0 saturated carbocycles. The van der Waals surface area contributed by atoms with Gasteiger partial charge in [-0.25, -0.2) is 0 Å². The van der Waals surface area contributed by atoms with Gasteiger partial charge in [-0.05, 0) is 18.4 Å². The molecule has 0 unspecified atom stereocenters. The van der Waals surface area contributed by atoms with Crippen molar-refractivity contribution in [1.82, 2.24) is 10.3 Å². The van der Waals surface area contributed by atoms with Crippen LogP contribution in [-0.2, 0) is 6.54 Å². The van der Waals surface area contributed by atoms with Crippen LogP contribution in [0.5, 0.6) is 0 Å². The maximum Gasteiger partial charge on any atom is 0.183 e. The summed E-state index contributed by atoms with van der Waals surface area (Å²) in [7, 11) is 0. The van der Waals surface area contributed by atoms with Crippen LogP contribution in [-0.4, -0.2) is 16.4 Å². The van der Waals surface area contributed by atoms with Gasteiger partial charge in [0.2, 0.25) is 0 Å². The molecule has 5 heteroatoms. The average Bonchev–Trinajstić information content (AvgIpc) is 2.25. The van der Waals surface area contributed by atoms with Crippen molar-refractivity contribution < 1.29 is 0 Å². The van der Waals surface area contributed by atoms with Gasteiger partial charge in [0.25, 0.3) is 0 Å². The van der Waals surface area contributed by atoms with E-state index in [-0.39, 0.29) is 0 Å². The highest BCUT2D eigenvalue weighted by Crippen LogP contribution is 2.00. The van der Waals surface area contributed by atoms with Crippen LogP contribution in [0.4, 0.5) is 0 Å². The van der Waals surface area contributed by atoms with Gasteiger partial charge in [-0.1, -0.05) is 17.8 Å². The first-order chi connectivity index (χ1) is 6.86. The number of thioether (sulfide) groups is 1. The molecule has 0 aliphatic carbocycles. The number of hydrogen-bond donors (Lipinski definition) is 1. The van der Waals surface area contributed by atoms with Crippen molar-refractivity contribution in [2.24, 2.45) is 4.99 Å². The van der Waals surface area contributed by atoms with Gasteiger partial charge in [-0.3, -0.25) is 15.3 Å². The van der Waals surface area contributed by atoms with E-state index in [1.807, 2.05) is 30.6 Å². The molecular weight excluding hydrogens is 196 g/mol. The van der Waals surface area contributed by atoms with Crippen LogP contribution in [0.2, 0.25) is 0 Å². The molecule has 0 aliphatic heterocycles. The van der Waals surface area contributed by atoms with Gasteiger partial charge in [-0.2, -0.15) is 5.26 Å². The third-order valence-corrected chi connectivity index (χ3v) is 2.08. The first kappa shape index (κ1) is 10.5. The molecule has 1 heterocycles. The second-order valence-corrected chi connectivity index (χ2v) is 3.18. The zero-order valence-corrected chi connectivity index (χ0v) is 8.58. The Labute approximate surface area is 87.1 Å². The summed E-state index contributed by atoms with van der Waals surface area (Å²) in [5, 5.41) is 11.5. The van der Waals surface area contributed by atoms with Crippen molar-refractivity contribution in [3.8, 4) is 6.19 Å². The fraction of sp³-hybridized carbons (Fsp3) is 0.222. The minimum absolute atomic E-state index is 0.492. The van der Waals surface area contributed by atoms with Crippen molar-refractivity contribution in [2.75, 3.05) is 6.26 Å². The van der Waals surface area contributed by atoms with Crippen molar-refractivity contribution in [3.63, 3.8) is 0 Å². The molecule has 0 fully saturated rings. The maximum atomic E-state index is 8.39.